The molecule has 1 amide bonds. The lowest BCUT2D eigenvalue weighted by molar-refractivity contribution is -0.0984. The Hall–Kier alpha value is -3.59. The third kappa shape index (κ3) is 10.7. The van der Waals surface area contributed by atoms with Crippen LogP contribution in [0.5, 0.6) is 0 Å². The van der Waals surface area contributed by atoms with E-state index in [1.54, 1.807) is 34.9 Å². The van der Waals surface area contributed by atoms with Gasteiger partial charge in [0.05, 0.1) is 51.6 Å². The van der Waals surface area contributed by atoms with Crippen molar-refractivity contribution in [1.82, 2.24) is 34.1 Å². The number of fused-ring (bicyclic) bond motifs is 5. The SMILES string of the molecule is CC(C)(C)[Si](C)(C)OC1[C@H](n2cc(F)c3c(=O)[nH]cnc32)O[C@@H]2COP(=S)(OCCC#N)O[C@]3(n4cnc5c(NC(=O)c6ccccc6)ncnc54)CO[C@H](COP(O)(=S)O[C@@H]12)C3O[Si](C)(C)C(C)(C)C. The average molecular weight is 1090 g/mol. The molecule has 21 nitrogen and oxygen atoms in total. The van der Waals surface area contributed by atoms with Gasteiger partial charge in [0.2, 0.25) is 5.72 Å². The van der Waals surface area contributed by atoms with E-state index in [2.05, 4.69) is 52.1 Å². The number of H-pyrrole nitrogens is 1. The minimum atomic E-state index is -4.35. The van der Waals surface area contributed by atoms with Gasteiger partial charge in [-0.15, -0.1) is 0 Å². The molecule has 0 spiro atoms. The lowest BCUT2D eigenvalue weighted by Crippen LogP contribution is -2.56. The number of amides is 1. The number of nitrogens with one attached hydrogen (secondary N) is 2. The van der Waals surface area contributed by atoms with E-state index >= 15 is 4.39 Å². The molecule has 0 aliphatic carbocycles. The number of imidazole rings is 1. The van der Waals surface area contributed by atoms with E-state index in [1.807, 2.05) is 47.0 Å². The number of nitrogens with zero attached hydrogens (tertiary/aromatic N) is 7. The number of carbonyl (C=O) groups is 1. The van der Waals surface area contributed by atoms with Gasteiger partial charge in [-0.3, -0.25) is 23.2 Å². The molecule has 3 aliphatic rings. The third-order valence-electron chi connectivity index (χ3n) is 13.7. The minimum absolute atomic E-state index is 0.0506. The molecule has 5 aromatic rings. The Morgan fingerprint density at radius 2 is 1.70 bits per heavy atom. The van der Waals surface area contributed by atoms with Gasteiger partial charge in [-0.25, -0.2) is 24.3 Å². The number of ether oxygens (including phenoxy) is 2. The first-order valence-corrected chi connectivity index (χ1v) is 33.7. The summed E-state index contributed by atoms with van der Waals surface area (Å²) in [5, 5.41) is 11.4. The molecule has 1 aromatic carbocycles. The Morgan fingerprint density at radius 1 is 1.01 bits per heavy atom. The van der Waals surface area contributed by atoms with Crippen molar-refractivity contribution in [2.24, 2.45) is 0 Å². The molecule has 2 bridgehead atoms. The Kier molecular flexibility index (Phi) is 15.1. The van der Waals surface area contributed by atoms with Crippen LogP contribution in [-0.4, -0.2) is 118 Å². The summed E-state index contributed by atoms with van der Waals surface area (Å²) in [5.74, 6) is -1.22. The van der Waals surface area contributed by atoms with Crippen molar-refractivity contribution < 1.29 is 55.0 Å². The summed E-state index contributed by atoms with van der Waals surface area (Å²) in [6.45, 7) is 10.3. The second-order valence-corrected chi connectivity index (χ2v) is 35.7. The summed E-state index contributed by atoms with van der Waals surface area (Å²) in [6.07, 6.45) is -2.37. The number of halogens is 1. The highest BCUT2D eigenvalue weighted by Crippen LogP contribution is 2.60. The highest BCUT2D eigenvalue weighted by Gasteiger charge is 2.61. The number of rotatable bonds is 11. The third-order valence-corrected chi connectivity index (χ3v) is 26.5. The lowest BCUT2D eigenvalue weighted by atomic mass is 10.1. The minimum Gasteiger partial charge on any atom is -0.407 e. The number of hydrogen-bond acceptors (Lipinski definition) is 18. The van der Waals surface area contributed by atoms with E-state index in [4.69, 9.17) is 69.5 Å². The first kappa shape index (κ1) is 53.7. The highest BCUT2D eigenvalue weighted by atomic mass is 32.5. The Labute approximate surface area is 421 Å². The molecule has 28 heteroatoms. The maximum Gasteiger partial charge on any atom is 0.329 e. The highest BCUT2D eigenvalue weighted by molar-refractivity contribution is 8.07. The fraction of sp³-hybridized carbons (Fsp3) is 0.558. The molecule has 3 fully saturated rings. The molecular formula is C43H58FN9O12P2S2Si2. The normalized spacial score (nSPS) is 29.0. The molecule has 9 atom stereocenters. The smallest absolute Gasteiger partial charge is 0.329 e. The van der Waals surface area contributed by atoms with Crippen LogP contribution < -0.4 is 10.9 Å². The van der Waals surface area contributed by atoms with Crippen LogP contribution in [0.3, 0.4) is 0 Å². The zero-order valence-corrected chi connectivity index (χ0v) is 46.3. The molecule has 0 saturated carbocycles. The summed E-state index contributed by atoms with van der Waals surface area (Å²) in [6, 6.07) is 10.7. The summed E-state index contributed by atoms with van der Waals surface area (Å²) in [4.78, 5) is 59.0. The van der Waals surface area contributed by atoms with Crippen LogP contribution in [0, 0.1) is 17.1 Å². The van der Waals surface area contributed by atoms with Crippen molar-refractivity contribution in [3.63, 3.8) is 0 Å². The Bertz CT molecular complexity index is 3010. The van der Waals surface area contributed by atoms with Crippen LogP contribution in [0.4, 0.5) is 10.2 Å². The number of benzene rings is 1. The standard InChI is InChI=1S/C43H58FN9O12P2S2Si2/c1-41(2,3)70(7,8)63-33-32-28(61-40(33)52-19-27(44)30-36(52)47-24-49-39(30)55)20-60-67(69,58-18-14-17-45)65-43(22-57-29(21-59-66(56,68)62-32)34(43)64-71(9,10)42(4,5)6)53-25-50-31-35(46-23-48-37(31)53)51-38(54)26-15-12-11-13-16-26/h11-13,15-16,19,23-25,28-29,32-34,40H,14,18,20-22H2,1-10H3,(H,56,68)(H,47,49,55)(H,46,48,51,54)/t28-,29-,32-,33?,34?,40-,43-,66?,67?/m1/s1. The molecule has 7 heterocycles. The van der Waals surface area contributed by atoms with Crippen molar-refractivity contribution >= 4 is 87.6 Å². The predicted octanol–water partition coefficient (Wildman–Crippen LogP) is 7.51. The predicted molar refractivity (Wildman–Crippen MR) is 271 cm³/mol. The van der Waals surface area contributed by atoms with Gasteiger partial charge in [0.1, 0.15) is 42.2 Å². The van der Waals surface area contributed by atoms with Crippen molar-refractivity contribution in [2.45, 2.75) is 127 Å². The molecule has 8 rings (SSSR count). The average Bonchev–Trinajstić information content (AvgIpc) is 4.05. The zero-order valence-electron chi connectivity index (χ0n) is 40.9. The molecule has 71 heavy (non-hydrogen) atoms. The maximum absolute atomic E-state index is 15.7. The van der Waals surface area contributed by atoms with Gasteiger partial charge in [-0.2, -0.15) is 5.26 Å². The molecule has 3 N–H and O–H groups in total. The number of nitriles is 1. The van der Waals surface area contributed by atoms with Crippen LogP contribution in [-0.2, 0) is 70.3 Å². The Balaban J connectivity index is 1.28. The fourth-order valence-corrected chi connectivity index (χ4v) is 14.2. The van der Waals surface area contributed by atoms with E-state index in [0.717, 1.165) is 12.5 Å². The van der Waals surface area contributed by atoms with Gasteiger partial charge in [0.15, 0.2) is 51.3 Å². The second-order valence-electron chi connectivity index (χ2n) is 20.5. The van der Waals surface area contributed by atoms with E-state index in [-0.39, 0.29) is 52.7 Å². The van der Waals surface area contributed by atoms with Gasteiger partial charge >= 0.3 is 13.4 Å². The van der Waals surface area contributed by atoms with Crippen LogP contribution in [0.25, 0.3) is 22.2 Å². The first-order valence-electron chi connectivity index (χ1n) is 22.7. The van der Waals surface area contributed by atoms with Crippen molar-refractivity contribution in [3.05, 3.63) is 77.2 Å². The number of anilines is 1. The summed E-state index contributed by atoms with van der Waals surface area (Å²) in [7, 11) is -5.69. The first-order chi connectivity index (χ1) is 33.2. The molecule has 384 valence electrons. The molecular weight excluding hydrogens is 1040 g/mol. The topological polar surface area (TPSA) is 250 Å². The van der Waals surface area contributed by atoms with Crippen molar-refractivity contribution in [1.29, 1.82) is 5.26 Å². The number of carbonyl (C=O) groups excluding carboxylic acids is 1. The van der Waals surface area contributed by atoms with E-state index in [0.29, 0.717) is 5.56 Å². The van der Waals surface area contributed by atoms with Crippen LogP contribution >= 0.6 is 13.4 Å². The lowest BCUT2D eigenvalue weighted by Gasteiger charge is -2.45. The number of aromatic amines is 1. The number of aromatic nitrogens is 7. The van der Waals surface area contributed by atoms with Gasteiger partial charge in [0.25, 0.3) is 11.5 Å². The van der Waals surface area contributed by atoms with Gasteiger partial charge in [-0.05, 0) is 72.0 Å². The number of hydrogen-bond donors (Lipinski definition) is 3. The zero-order chi connectivity index (χ0) is 51.5. The van der Waals surface area contributed by atoms with E-state index in [9.17, 15) is 19.7 Å². The molecule has 4 unspecified atom stereocenters. The Morgan fingerprint density at radius 3 is 2.39 bits per heavy atom. The van der Waals surface area contributed by atoms with Gasteiger partial charge in [-0.1, -0.05) is 59.7 Å². The molecule has 3 aliphatic heterocycles. The van der Waals surface area contributed by atoms with E-state index < -0.39 is 108 Å². The summed E-state index contributed by atoms with van der Waals surface area (Å²) < 4.78 is 79.3. The monoisotopic (exact) mass is 1090 g/mol. The fourth-order valence-electron chi connectivity index (χ4n) is 7.87. The van der Waals surface area contributed by atoms with Crippen LogP contribution in [0.1, 0.15) is 64.5 Å². The van der Waals surface area contributed by atoms with Gasteiger partial charge < -0.3 is 51.7 Å². The van der Waals surface area contributed by atoms with Crippen LogP contribution in [0.2, 0.25) is 36.3 Å². The van der Waals surface area contributed by atoms with Crippen molar-refractivity contribution in [2.75, 3.05) is 31.7 Å². The molecule has 0 radical (unpaired) electrons. The summed E-state index contributed by atoms with van der Waals surface area (Å²) in [5.41, 5.74) is -1.91. The maximum atomic E-state index is 15.7. The molecule has 4 aromatic heterocycles. The van der Waals surface area contributed by atoms with E-state index in [1.165, 1.54) is 17.2 Å². The second kappa shape index (κ2) is 19.9. The van der Waals surface area contributed by atoms with Crippen molar-refractivity contribution in [3.8, 4) is 6.07 Å². The van der Waals surface area contributed by atoms with Gasteiger partial charge in [0, 0.05) is 11.8 Å². The largest absolute Gasteiger partial charge is 0.407 e. The molecule has 3 saturated heterocycles. The van der Waals surface area contributed by atoms with Crippen LogP contribution in [0.15, 0.2) is 60.3 Å². The summed E-state index contributed by atoms with van der Waals surface area (Å²) >= 11 is 12.1. The quantitative estimate of drug-likeness (QED) is 0.0657.